The van der Waals surface area contributed by atoms with Crippen LogP contribution >= 0.6 is 0 Å². The molecule has 0 aromatic carbocycles. The van der Waals surface area contributed by atoms with Crippen molar-refractivity contribution in [2.24, 2.45) is 5.92 Å². The molecule has 0 aliphatic rings. The van der Waals surface area contributed by atoms with E-state index >= 15 is 0 Å². The van der Waals surface area contributed by atoms with E-state index in [1.807, 2.05) is 7.05 Å². The molecule has 78 valence electrons. The summed E-state index contributed by atoms with van der Waals surface area (Å²) in [7, 11) is 2.04. The minimum absolute atomic E-state index is 0.580. The molecule has 0 fully saturated rings. The predicted octanol–water partition coefficient (Wildman–Crippen LogP) is 3.37. The van der Waals surface area contributed by atoms with E-state index in [4.69, 9.17) is 0 Å². The summed E-state index contributed by atoms with van der Waals surface area (Å²) >= 11 is 0. The maximum absolute atomic E-state index is 3.32. The van der Waals surface area contributed by atoms with Gasteiger partial charge in [0.2, 0.25) is 0 Å². The fourth-order valence-electron chi connectivity index (χ4n) is 1.79. The van der Waals surface area contributed by atoms with Crippen LogP contribution in [0.4, 0.5) is 0 Å². The number of hydrogen-bond donors (Lipinski definition) is 1. The van der Waals surface area contributed by atoms with Gasteiger partial charge in [0.25, 0.3) is 0 Å². The van der Waals surface area contributed by atoms with E-state index in [2.05, 4.69) is 39.9 Å². The fourth-order valence-corrected chi connectivity index (χ4v) is 1.79. The maximum atomic E-state index is 3.32. The number of rotatable bonds is 5. The third kappa shape index (κ3) is 3.51. The van der Waals surface area contributed by atoms with E-state index in [0.717, 1.165) is 0 Å². The monoisotopic (exact) mass is 183 g/mol. The molecule has 0 heterocycles. The first-order chi connectivity index (χ1) is 6.08. The molecule has 2 atom stereocenters. The average molecular weight is 183 g/mol. The predicted molar refractivity (Wildman–Crippen MR) is 61.0 cm³/mol. The largest absolute Gasteiger partial charge is 0.317 e. The van der Waals surface area contributed by atoms with Gasteiger partial charge in [-0.3, -0.25) is 0 Å². The second-order valence-corrected chi connectivity index (χ2v) is 3.88. The van der Waals surface area contributed by atoms with Crippen molar-refractivity contribution in [1.29, 1.82) is 0 Å². The van der Waals surface area contributed by atoms with Gasteiger partial charge < -0.3 is 5.32 Å². The van der Waals surface area contributed by atoms with Gasteiger partial charge in [-0.2, -0.15) is 0 Å². The van der Waals surface area contributed by atoms with Crippen LogP contribution in [0.1, 0.15) is 47.5 Å². The van der Waals surface area contributed by atoms with E-state index in [-0.39, 0.29) is 0 Å². The zero-order valence-corrected chi connectivity index (χ0v) is 10.1. The second kappa shape index (κ2) is 6.20. The summed E-state index contributed by atoms with van der Waals surface area (Å²) in [5.74, 6) is 0.662. The molecule has 0 radical (unpaired) electrons. The van der Waals surface area contributed by atoms with Gasteiger partial charge in [0.15, 0.2) is 0 Å². The molecule has 13 heavy (non-hydrogen) atoms. The summed E-state index contributed by atoms with van der Waals surface area (Å²) in [6.45, 7) is 11.3. The van der Waals surface area contributed by atoms with E-state index in [1.165, 1.54) is 12.8 Å². The third-order valence-electron chi connectivity index (χ3n) is 3.21. The van der Waals surface area contributed by atoms with Gasteiger partial charge in [0.1, 0.15) is 0 Å². The molecule has 0 aromatic heterocycles. The highest BCUT2D eigenvalue weighted by Gasteiger charge is 2.14. The molecule has 0 aromatic rings. The highest BCUT2D eigenvalue weighted by molar-refractivity contribution is 5.15. The smallest absolute Gasteiger partial charge is 0.00986 e. The van der Waals surface area contributed by atoms with Gasteiger partial charge in [-0.15, -0.1) is 0 Å². The first-order valence-electron chi connectivity index (χ1n) is 5.44. The number of hydrogen-bond acceptors (Lipinski definition) is 1. The van der Waals surface area contributed by atoms with E-state index in [0.29, 0.717) is 12.0 Å². The van der Waals surface area contributed by atoms with E-state index in [9.17, 15) is 0 Å². The van der Waals surface area contributed by atoms with Gasteiger partial charge in [-0.1, -0.05) is 31.9 Å². The third-order valence-corrected chi connectivity index (χ3v) is 3.21. The van der Waals surface area contributed by atoms with Crippen molar-refractivity contribution in [3.63, 3.8) is 0 Å². The minimum atomic E-state index is 0.580. The van der Waals surface area contributed by atoms with Crippen molar-refractivity contribution >= 4 is 0 Å². The van der Waals surface area contributed by atoms with Crippen LogP contribution in [0.2, 0.25) is 0 Å². The summed E-state index contributed by atoms with van der Waals surface area (Å²) in [5, 5.41) is 3.32. The molecule has 0 bridgehead atoms. The van der Waals surface area contributed by atoms with Crippen molar-refractivity contribution in [3.8, 4) is 0 Å². The van der Waals surface area contributed by atoms with Crippen molar-refractivity contribution in [2.75, 3.05) is 7.05 Å². The summed E-state index contributed by atoms with van der Waals surface area (Å²) in [4.78, 5) is 0. The Morgan fingerprint density at radius 3 is 2.00 bits per heavy atom. The van der Waals surface area contributed by atoms with Crippen molar-refractivity contribution in [3.05, 3.63) is 11.1 Å². The molecule has 0 saturated carbocycles. The van der Waals surface area contributed by atoms with Crippen molar-refractivity contribution in [2.45, 2.75) is 53.5 Å². The van der Waals surface area contributed by atoms with Crippen LogP contribution in [0.5, 0.6) is 0 Å². The molecule has 1 nitrogen and oxygen atoms in total. The molecule has 0 spiro atoms. The second-order valence-electron chi connectivity index (χ2n) is 3.88. The summed E-state index contributed by atoms with van der Waals surface area (Å²) in [6, 6.07) is 0.580. The number of allylic oxidation sites excluding steroid dienone is 1. The van der Waals surface area contributed by atoms with Gasteiger partial charge in [-0.25, -0.2) is 0 Å². The topological polar surface area (TPSA) is 12.0 Å². The van der Waals surface area contributed by atoms with Crippen LogP contribution in [0.15, 0.2) is 11.1 Å². The first-order valence-corrected chi connectivity index (χ1v) is 5.44. The van der Waals surface area contributed by atoms with E-state index in [1.54, 1.807) is 11.1 Å². The molecule has 1 N–H and O–H groups in total. The Morgan fingerprint density at radius 2 is 1.69 bits per heavy atom. The highest BCUT2D eigenvalue weighted by Crippen LogP contribution is 2.23. The molecule has 0 amide bonds. The van der Waals surface area contributed by atoms with Crippen LogP contribution in [0.3, 0.4) is 0 Å². The Morgan fingerprint density at radius 1 is 1.15 bits per heavy atom. The molecule has 0 aliphatic heterocycles. The Balaban J connectivity index is 4.58. The van der Waals surface area contributed by atoms with Crippen LogP contribution in [0.25, 0.3) is 0 Å². The minimum Gasteiger partial charge on any atom is -0.317 e. The van der Waals surface area contributed by atoms with Crippen molar-refractivity contribution in [1.82, 2.24) is 5.32 Å². The molecular weight excluding hydrogens is 158 g/mol. The Labute approximate surface area is 83.6 Å². The lowest BCUT2D eigenvalue weighted by Crippen LogP contribution is -2.30. The van der Waals surface area contributed by atoms with E-state index < -0.39 is 0 Å². The Bertz CT molecular complexity index is 170. The molecular formula is C12H25N. The maximum Gasteiger partial charge on any atom is 0.00986 e. The number of nitrogens with one attached hydrogen (secondary N) is 1. The SMILES string of the molecule is CC/C(C)=C(\CC)[C@H](C)C(C)NC. The highest BCUT2D eigenvalue weighted by atomic mass is 14.9. The lowest BCUT2D eigenvalue weighted by atomic mass is 9.88. The van der Waals surface area contributed by atoms with Gasteiger partial charge >= 0.3 is 0 Å². The Kier molecular flexibility index (Phi) is 6.06. The molecule has 1 unspecified atom stereocenters. The quantitative estimate of drug-likeness (QED) is 0.644. The molecule has 0 rings (SSSR count). The molecule has 0 saturated heterocycles. The summed E-state index contributed by atoms with van der Waals surface area (Å²) < 4.78 is 0. The zero-order chi connectivity index (χ0) is 10.4. The van der Waals surface area contributed by atoms with Gasteiger partial charge in [-0.05, 0) is 39.7 Å². The van der Waals surface area contributed by atoms with Crippen LogP contribution in [-0.2, 0) is 0 Å². The van der Waals surface area contributed by atoms with Gasteiger partial charge in [0.05, 0.1) is 0 Å². The first kappa shape index (κ1) is 12.7. The lowest BCUT2D eigenvalue weighted by molar-refractivity contribution is 0.466. The molecule has 1 heteroatoms. The van der Waals surface area contributed by atoms with Crippen LogP contribution in [-0.4, -0.2) is 13.1 Å². The lowest BCUT2D eigenvalue weighted by Gasteiger charge is -2.23. The van der Waals surface area contributed by atoms with Crippen molar-refractivity contribution < 1.29 is 0 Å². The summed E-state index contributed by atoms with van der Waals surface area (Å²) in [5.41, 5.74) is 3.20. The van der Waals surface area contributed by atoms with Crippen LogP contribution in [0, 0.1) is 5.92 Å². The summed E-state index contributed by atoms with van der Waals surface area (Å²) in [6.07, 6.45) is 2.37. The normalized spacial score (nSPS) is 18.0. The Hall–Kier alpha value is -0.300. The van der Waals surface area contributed by atoms with Crippen LogP contribution < -0.4 is 5.32 Å². The fraction of sp³-hybridized carbons (Fsp3) is 0.833. The zero-order valence-electron chi connectivity index (χ0n) is 10.1. The average Bonchev–Trinajstić information content (AvgIpc) is 2.17. The molecule has 0 aliphatic carbocycles. The standard InChI is InChI=1S/C12H25N/c1-7-9(3)12(8-2)10(4)11(5)13-6/h10-11,13H,7-8H2,1-6H3/b12-9+/t10-,11?/m1/s1. The van der Waals surface area contributed by atoms with Gasteiger partial charge in [0, 0.05) is 6.04 Å².